The SMILES string of the molecule is CCCCCCCCCCC#Cc1cn([C@H]2C[C@H](OC(C)=O)[C@@H](COC(C)=O)O2)c(=O)nc1SC. The first-order valence-electron chi connectivity index (χ1n) is 12.5. The summed E-state index contributed by atoms with van der Waals surface area (Å²) in [6.45, 7) is 4.75. The molecule has 0 spiro atoms. The van der Waals surface area contributed by atoms with Crippen molar-refractivity contribution in [3.05, 3.63) is 22.2 Å². The lowest BCUT2D eigenvalue weighted by atomic mass is 10.1. The minimum absolute atomic E-state index is 0.0693. The van der Waals surface area contributed by atoms with E-state index in [-0.39, 0.29) is 13.0 Å². The Morgan fingerprint density at radius 1 is 1.14 bits per heavy atom. The van der Waals surface area contributed by atoms with Gasteiger partial charge in [-0.15, -0.1) is 11.8 Å². The standard InChI is InChI=1S/C26H38N2O6S/c1-5-6-7-8-9-10-11-12-13-14-15-21-17-28(26(31)27-25(21)35-4)24-16-22(33-20(3)30)23(34-24)18-32-19(2)29/h17,22-24H,5-13,16,18H2,1-4H3/t22-,23+,24+/m0/s1. The molecule has 2 heterocycles. The molecule has 35 heavy (non-hydrogen) atoms. The van der Waals surface area contributed by atoms with Crippen LogP contribution >= 0.6 is 11.8 Å². The van der Waals surface area contributed by atoms with Gasteiger partial charge in [-0.05, 0) is 12.7 Å². The fourth-order valence-corrected chi connectivity index (χ4v) is 4.46. The molecule has 1 aromatic rings. The molecule has 2 rings (SSSR count). The summed E-state index contributed by atoms with van der Waals surface area (Å²) in [6, 6.07) is 0. The van der Waals surface area contributed by atoms with Crippen LogP contribution in [0.3, 0.4) is 0 Å². The van der Waals surface area contributed by atoms with Crippen LogP contribution in [-0.4, -0.2) is 46.6 Å². The number of nitrogens with zero attached hydrogens (tertiary/aromatic N) is 2. The lowest BCUT2D eigenvalue weighted by Crippen LogP contribution is -2.31. The van der Waals surface area contributed by atoms with Crippen LogP contribution in [0.2, 0.25) is 0 Å². The zero-order valence-corrected chi connectivity index (χ0v) is 22.2. The Bertz CT molecular complexity index is 951. The average Bonchev–Trinajstić information content (AvgIpc) is 3.20. The van der Waals surface area contributed by atoms with Crippen molar-refractivity contribution < 1.29 is 23.8 Å². The first kappa shape index (κ1) is 28.9. The largest absolute Gasteiger partial charge is 0.463 e. The number of carbonyl (C=O) groups excluding carboxylic acids is 2. The molecule has 9 heteroatoms. The van der Waals surface area contributed by atoms with E-state index in [2.05, 4.69) is 23.7 Å². The Morgan fingerprint density at radius 2 is 1.83 bits per heavy atom. The molecule has 1 saturated heterocycles. The van der Waals surface area contributed by atoms with Crippen LogP contribution in [0.1, 0.15) is 96.8 Å². The highest BCUT2D eigenvalue weighted by atomic mass is 32.2. The summed E-state index contributed by atoms with van der Waals surface area (Å²) in [4.78, 5) is 39.6. The minimum Gasteiger partial charge on any atom is -0.463 e. The van der Waals surface area contributed by atoms with Crippen molar-refractivity contribution in [1.82, 2.24) is 9.55 Å². The summed E-state index contributed by atoms with van der Waals surface area (Å²) < 4.78 is 17.7. The van der Waals surface area contributed by atoms with Gasteiger partial charge in [-0.2, -0.15) is 4.98 Å². The maximum atomic E-state index is 12.7. The monoisotopic (exact) mass is 506 g/mol. The predicted octanol–water partition coefficient (Wildman–Crippen LogP) is 4.63. The summed E-state index contributed by atoms with van der Waals surface area (Å²) in [6.07, 6.45) is 12.5. The highest BCUT2D eigenvalue weighted by Crippen LogP contribution is 2.31. The van der Waals surface area contributed by atoms with Gasteiger partial charge in [0.2, 0.25) is 0 Å². The summed E-state index contributed by atoms with van der Waals surface area (Å²) >= 11 is 1.37. The summed E-state index contributed by atoms with van der Waals surface area (Å²) in [7, 11) is 0. The molecule has 0 aromatic carbocycles. The molecule has 1 aromatic heterocycles. The van der Waals surface area contributed by atoms with Crippen LogP contribution in [0.5, 0.6) is 0 Å². The Labute approximate surface area is 212 Å². The molecule has 1 aliphatic heterocycles. The maximum Gasteiger partial charge on any atom is 0.350 e. The molecule has 0 saturated carbocycles. The maximum absolute atomic E-state index is 12.7. The molecule has 0 unspecified atom stereocenters. The molecule has 0 radical (unpaired) electrons. The van der Waals surface area contributed by atoms with Crippen molar-refractivity contribution in [3.63, 3.8) is 0 Å². The van der Waals surface area contributed by atoms with Crippen molar-refractivity contribution in [2.75, 3.05) is 12.9 Å². The van der Waals surface area contributed by atoms with Gasteiger partial charge < -0.3 is 14.2 Å². The predicted molar refractivity (Wildman–Crippen MR) is 135 cm³/mol. The molecule has 194 valence electrons. The number of unbranched alkanes of at least 4 members (excludes halogenated alkanes) is 8. The zero-order valence-electron chi connectivity index (χ0n) is 21.3. The molecule has 0 amide bonds. The van der Waals surface area contributed by atoms with Crippen molar-refractivity contribution in [3.8, 4) is 11.8 Å². The number of thioether (sulfide) groups is 1. The van der Waals surface area contributed by atoms with E-state index in [1.165, 1.54) is 75.1 Å². The third kappa shape index (κ3) is 10.1. The summed E-state index contributed by atoms with van der Waals surface area (Å²) in [5.74, 6) is 5.45. The Morgan fingerprint density at radius 3 is 2.46 bits per heavy atom. The van der Waals surface area contributed by atoms with Crippen LogP contribution < -0.4 is 5.69 Å². The van der Waals surface area contributed by atoms with Gasteiger partial charge in [0.1, 0.15) is 30.1 Å². The van der Waals surface area contributed by atoms with E-state index in [1.807, 2.05) is 6.26 Å². The lowest BCUT2D eigenvalue weighted by Gasteiger charge is -2.17. The van der Waals surface area contributed by atoms with Crippen molar-refractivity contribution >= 4 is 23.7 Å². The molecule has 0 bridgehead atoms. The van der Waals surface area contributed by atoms with Crippen molar-refractivity contribution in [2.45, 2.75) is 108 Å². The molecule has 0 N–H and O–H groups in total. The van der Waals surface area contributed by atoms with Crippen molar-refractivity contribution in [1.29, 1.82) is 0 Å². The highest BCUT2D eigenvalue weighted by Gasteiger charge is 2.39. The second-order valence-corrected chi connectivity index (χ2v) is 9.49. The zero-order chi connectivity index (χ0) is 25.6. The number of esters is 2. The van der Waals surface area contributed by atoms with Gasteiger partial charge in [0, 0.05) is 32.9 Å². The van der Waals surface area contributed by atoms with E-state index in [1.54, 1.807) is 6.20 Å². The van der Waals surface area contributed by atoms with Gasteiger partial charge in [-0.3, -0.25) is 14.2 Å². The number of carbonyl (C=O) groups is 2. The summed E-state index contributed by atoms with van der Waals surface area (Å²) in [5.41, 5.74) is 0.190. The molecule has 1 aliphatic rings. The fourth-order valence-electron chi connectivity index (χ4n) is 3.96. The van der Waals surface area contributed by atoms with E-state index >= 15 is 0 Å². The molecular formula is C26H38N2O6S. The number of rotatable bonds is 13. The van der Waals surface area contributed by atoms with E-state index in [4.69, 9.17) is 14.2 Å². The molecule has 8 nitrogen and oxygen atoms in total. The second kappa shape index (κ2) is 15.6. The van der Waals surface area contributed by atoms with Crippen molar-refractivity contribution in [2.24, 2.45) is 0 Å². The van der Waals surface area contributed by atoms with Crippen LogP contribution in [0.4, 0.5) is 0 Å². The number of ether oxygens (including phenoxy) is 3. The average molecular weight is 507 g/mol. The smallest absolute Gasteiger partial charge is 0.350 e. The third-order valence-corrected chi connectivity index (χ3v) is 6.45. The number of aromatic nitrogens is 2. The normalized spacial score (nSPS) is 19.1. The van der Waals surface area contributed by atoms with Gasteiger partial charge >= 0.3 is 17.6 Å². The van der Waals surface area contributed by atoms with E-state index in [0.29, 0.717) is 10.6 Å². The number of hydrogen-bond donors (Lipinski definition) is 0. The quantitative estimate of drug-likeness (QED) is 0.126. The Kier molecular flexibility index (Phi) is 12.9. The van der Waals surface area contributed by atoms with Gasteiger partial charge in [0.05, 0.1) is 5.56 Å². The number of hydrogen-bond acceptors (Lipinski definition) is 8. The first-order valence-corrected chi connectivity index (χ1v) is 13.7. The van der Waals surface area contributed by atoms with Gasteiger partial charge in [-0.25, -0.2) is 4.79 Å². The van der Waals surface area contributed by atoms with Crippen LogP contribution in [0, 0.1) is 11.8 Å². The topological polar surface area (TPSA) is 96.7 Å². The van der Waals surface area contributed by atoms with Gasteiger partial charge in [-0.1, -0.05) is 63.7 Å². The van der Waals surface area contributed by atoms with Gasteiger partial charge in [0.15, 0.2) is 0 Å². The van der Waals surface area contributed by atoms with Gasteiger partial charge in [0.25, 0.3) is 0 Å². The molecule has 3 atom stereocenters. The van der Waals surface area contributed by atoms with Crippen LogP contribution in [-0.2, 0) is 23.8 Å². The van der Waals surface area contributed by atoms with E-state index in [0.717, 1.165) is 12.8 Å². The third-order valence-electron chi connectivity index (χ3n) is 5.75. The molecular weight excluding hydrogens is 468 g/mol. The fraction of sp³-hybridized carbons (Fsp3) is 0.692. The Hall–Kier alpha value is -2.31. The van der Waals surface area contributed by atoms with Crippen LogP contribution in [0.15, 0.2) is 16.0 Å². The molecule has 1 fully saturated rings. The van der Waals surface area contributed by atoms with Crippen LogP contribution in [0.25, 0.3) is 0 Å². The van der Waals surface area contributed by atoms with E-state index in [9.17, 15) is 14.4 Å². The highest BCUT2D eigenvalue weighted by molar-refractivity contribution is 7.98. The Balaban J connectivity index is 2.03. The second-order valence-electron chi connectivity index (χ2n) is 8.70. The summed E-state index contributed by atoms with van der Waals surface area (Å²) in [5, 5.41) is 0.570. The molecule has 0 aliphatic carbocycles. The minimum atomic E-state index is -0.705. The first-order chi connectivity index (χ1) is 16.8. The van der Waals surface area contributed by atoms with E-state index < -0.39 is 36.1 Å². The lowest BCUT2D eigenvalue weighted by molar-refractivity contribution is -0.155.